The number of rotatable bonds is 9. The lowest BCUT2D eigenvalue weighted by Crippen LogP contribution is -2.25. The molecule has 1 unspecified atom stereocenters. The van der Waals surface area contributed by atoms with Crippen molar-refractivity contribution in [1.29, 1.82) is 0 Å². The van der Waals surface area contributed by atoms with Crippen molar-refractivity contribution >= 4 is 45.2 Å². The van der Waals surface area contributed by atoms with E-state index >= 15 is 0 Å². The fourth-order valence-electron chi connectivity index (χ4n) is 3.52. The summed E-state index contributed by atoms with van der Waals surface area (Å²) < 4.78 is 22.8. The summed E-state index contributed by atoms with van der Waals surface area (Å²) in [4.78, 5) is 28.3. The zero-order valence-electron chi connectivity index (χ0n) is 20.5. The Kier molecular flexibility index (Phi) is 8.93. The van der Waals surface area contributed by atoms with Gasteiger partial charge in [-0.2, -0.15) is 0 Å². The first kappa shape index (κ1) is 26.7. The quantitative estimate of drug-likeness (QED) is 0.421. The topological polar surface area (TPSA) is 92.1 Å². The van der Waals surface area contributed by atoms with Crippen molar-refractivity contribution in [3.63, 3.8) is 0 Å². The van der Waals surface area contributed by atoms with Crippen molar-refractivity contribution in [2.45, 2.75) is 19.9 Å². The van der Waals surface area contributed by atoms with Crippen molar-refractivity contribution in [3.8, 4) is 5.75 Å². The minimum Gasteiger partial charge on any atom is -0.422 e. The molecule has 188 valence electrons. The maximum absolute atomic E-state index is 13.1. The van der Waals surface area contributed by atoms with E-state index in [2.05, 4.69) is 5.32 Å². The summed E-state index contributed by atoms with van der Waals surface area (Å²) in [5.74, 6) is 1.13. The molecule has 8 nitrogen and oxygen atoms in total. The molecule has 0 aliphatic carbocycles. The van der Waals surface area contributed by atoms with Crippen LogP contribution in [0.4, 0.5) is 10.5 Å². The van der Waals surface area contributed by atoms with Gasteiger partial charge in [-0.25, -0.2) is 9.59 Å². The number of nitrogens with zero attached hydrogens (tertiary/aromatic N) is 2. The molecule has 0 spiro atoms. The van der Waals surface area contributed by atoms with Crippen LogP contribution >= 0.6 is 11.6 Å². The van der Waals surface area contributed by atoms with Crippen molar-refractivity contribution < 1.29 is 18.2 Å². The number of hydrogen-bond donors (Lipinski definition) is 1. The predicted octanol–water partition coefficient (Wildman–Crippen LogP) is 4.30. The van der Waals surface area contributed by atoms with Gasteiger partial charge in [0, 0.05) is 60.6 Å². The Labute approximate surface area is 212 Å². The van der Waals surface area contributed by atoms with Crippen molar-refractivity contribution in [2.24, 2.45) is 0 Å². The highest BCUT2D eigenvalue weighted by atomic mass is 35.5. The number of amides is 1. The van der Waals surface area contributed by atoms with Gasteiger partial charge < -0.3 is 24.3 Å². The van der Waals surface area contributed by atoms with Crippen LogP contribution in [0.2, 0.25) is 5.02 Å². The maximum Gasteiger partial charge on any atom is 0.414 e. The molecule has 0 aliphatic heterocycles. The molecule has 0 radical (unpaired) electrons. The molecular formula is C25H30ClN3O5S. The van der Waals surface area contributed by atoms with Crippen LogP contribution in [-0.4, -0.2) is 59.9 Å². The average molecular weight is 520 g/mol. The number of hydrogen-bond acceptors (Lipinski definition) is 7. The van der Waals surface area contributed by atoms with Gasteiger partial charge >= 0.3 is 11.7 Å². The fraction of sp³-hybridized carbons (Fsp3) is 0.360. The molecule has 0 aliphatic rings. The zero-order valence-corrected chi connectivity index (χ0v) is 22.1. The molecule has 1 aromatic heterocycles. The first-order valence-electron chi connectivity index (χ1n) is 11.1. The highest BCUT2D eigenvalue weighted by molar-refractivity contribution is 7.85. The van der Waals surface area contributed by atoms with Crippen LogP contribution in [-0.2, 0) is 23.8 Å². The monoisotopic (exact) mass is 519 g/mol. The lowest BCUT2D eigenvalue weighted by molar-refractivity contribution is 0.172. The van der Waals surface area contributed by atoms with Gasteiger partial charge in [-0.15, -0.1) is 0 Å². The number of ether oxygens (including phenoxy) is 1. The largest absolute Gasteiger partial charge is 0.422 e. The standard InChI is InChI=1S/C25H30ClN3O5S/c1-6-35(32)15-27-21-9-7-8-16(23(21)26)12-19-20(14-28(2)3)18-11-10-17(33-25(31)29(4)5)13-22(18)34-24(19)30/h7-11,13,27H,6,12,14-15H2,1-5H3. The second-order valence-electron chi connectivity index (χ2n) is 8.51. The second-order valence-corrected chi connectivity index (χ2v) is 10.6. The molecule has 3 rings (SSSR count). The first-order valence-corrected chi connectivity index (χ1v) is 13.0. The van der Waals surface area contributed by atoms with E-state index < -0.39 is 22.5 Å². The SMILES string of the molecule is CCS(=O)CNc1cccc(Cc2c(CN(C)C)c3ccc(OC(=O)N(C)C)cc3oc2=O)c1Cl. The lowest BCUT2D eigenvalue weighted by atomic mass is 9.97. The Bertz CT molecular complexity index is 1310. The Balaban J connectivity index is 2.03. The van der Waals surface area contributed by atoms with Crippen LogP contribution in [0.15, 0.2) is 45.6 Å². The van der Waals surface area contributed by atoms with Gasteiger partial charge in [0.15, 0.2) is 0 Å². The fourth-order valence-corrected chi connectivity index (χ4v) is 4.30. The highest BCUT2D eigenvalue weighted by Gasteiger charge is 2.19. The molecule has 0 saturated heterocycles. The summed E-state index contributed by atoms with van der Waals surface area (Å²) >= 11 is 6.65. The number of carbonyl (C=O) groups excluding carboxylic acids is 1. The van der Waals surface area contributed by atoms with Gasteiger partial charge in [0.25, 0.3) is 0 Å². The number of carbonyl (C=O) groups is 1. The lowest BCUT2D eigenvalue weighted by Gasteiger charge is -2.17. The van der Waals surface area contributed by atoms with Gasteiger partial charge in [0.05, 0.1) is 16.6 Å². The minimum atomic E-state index is -0.993. The van der Waals surface area contributed by atoms with Crippen LogP contribution in [0.1, 0.15) is 23.6 Å². The molecule has 1 amide bonds. The Morgan fingerprint density at radius 3 is 2.54 bits per heavy atom. The van der Waals surface area contributed by atoms with E-state index in [1.165, 1.54) is 4.90 Å². The van der Waals surface area contributed by atoms with E-state index in [-0.39, 0.29) is 12.2 Å². The predicted molar refractivity (Wildman–Crippen MR) is 141 cm³/mol. The first-order chi connectivity index (χ1) is 16.6. The molecule has 0 fully saturated rings. The third-order valence-electron chi connectivity index (χ3n) is 5.33. The summed E-state index contributed by atoms with van der Waals surface area (Å²) in [6, 6.07) is 10.5. The van der Waals surface area contributed by atoms with Gasteiger partial charge in [0.2, 0.25) is 0 Å². The Morgan fingerprint density at radius 2 is 1.89 bits per heavy atom. The second kappa shape index (κ2) is 11.7. The molecule has 2 aromatic carbocycles. The van der Waals surface area contributed by atoms with Crippen molar-refractivity contribution in [1.82, 2.24) is 9.80 Å². The summed E-state index contributed by atoms with van der Waals surface area (Å²) in [6.07, 6.45) is -0.257. The molecule has 1 atom stereocenters. The number of benzene rings is 2. The maximum atomic E-state index is 13.1. The molecule has 10 heteroatoms. The number of halogens is 1. The average Bonchev–Trinajstić information content (AvgIpc) is 2.80. The van der Waals surface area contributed by atoms with Crippen molar-refractivity contribution in [3.05, 3.63) is 68.5 Å². The smallest absolute Gasteiger partial charge is 0.414 e. The summed E-state index contributed by atoms with van der Waals surface area (Å²) in [6.45, 7) is 2.36. The molecule has 1 heterocycles. The van der Waals surface area contributed by atoms with E-state index in [1.807, 2.05) is 44.1 Å². The molecule has 3 aromatic rings. The van der Waals surface area contributed by atoms with Crippen LogP contribution in [0, 0.1) is 0 Å². The van der Waals surface area contributed by atoms with E-state index in [1.54, 1.807) is 32.3 Å². The summed E-state index contributed by atoms with van der Waals surface area (Å²) in [5.41, 5.74) is 2.59. The molecule has 0 bridgehead atoms. The van der Waals surface area contributed by atoms with Gasteiger partial charge in [-0.05, 0) is 43.4 Å². The molecule has 35 heavy (non-hydrogen) atoms. The summed E-state index contributed by atoms with van der Waals surface area (Å²) in [5, 5.41) is 4.35. The molecule has 1 N–H and O–H groups in total. The Morgan fingerprint density at radius 1 is 1.14 bits per heavy atom. The number of fused-ring (bicyclic) bond motifs is 1. The Hall–Kier alpha value is -2.88. The van der Waals surface area contributed by atoms with E-state index in [0.29, 0.717) is 40.0 Å². The normalized spacial score (nSPS) is 12.1. The van der Waals surface area contributed by atoms with Gasteiger partial charge in [-0.1, -0.05) is 30.7 Å². The van der Waals surface area contributed by atoms with E-state index in [0.717, 1.165) is 16.5 Å². The molecule has 0 saturated carbocycles. The molecular weight excluding hydrogens is 490 g/mol. The van der Waals surface area contributed by atoms with Crippen molar-refractivity contribution in [2.75, 3.05) is 45.1 Å². The van der Waals surface area contributed by atoms with E-state index in [9.17, 15) is 13.8 Å². The number of nitrogens with one attached hydrogen (secondary N) is 1. The van der Waals surface area contributed by atoms with Crippen LogP contribution in [0.3, 0.4) is 0 Å². The van der Waals surface area contributed by atoms with Gasteiger partial charge in [0.1, 0.15) is 11.3 Å². The zero-order chi connectivity index (χ0) is 25.7. The van der Waals surface area contributed by atoms with Gasteiger partial charge in [-0.3, -0.25) is 4.21 Å². The summed E-state index contributed by atoms with van der Waals surface area (Å²) in [7, 11) is 6.02. The van der Waals surface area contributed by atoms with Crippen LogP contribution in [0.25, 0.3) is 11.0 Å². The van der Waals surface area contributed by atoms with Crippen LogP contribution < -0.4 is 15.7 Å². The van der Waals surface area contributed by atoms with Crippen LogP contribution in [0.5, 0.6) is 5.75 Å². The third-order valence-corrected chi connectivity index (χ3v) is 6.88. The van der Waals surface area contributed by atoms with E-state index in [4.69, 9.17) is 20.8 Å². The third kappa shape index (κ3) is 6.62. The number of anilines is 1. The minimum absolute atomic E-state index is 0.268. The highest BCUT2D eigenvalue weighted by Crippen LogP contribution is 2.31.